The number of rotatable bonds is 7. The molecule has 0 radical (unpaired) electrons. The Morgan fingerprint density at radius 2 is 2.12 bits per heavy atom. The van der Waals surface area contributed by atoms with Crippen molar-refractivity contribution in [1.29, 1.82) is 0 Å². The Morgan fingerprint density at radius 3 is 2.59 bits per heavy atom. The molecule has 0 aliphatic rings. The highest BCUT2D eigenvalue weighted by Gasteiger charge is 2.33. The van der Waals surface area contributed by atoms with Crippen LogP contribution in [0.3, 0.4) is 0 Å². The van der Waals surface area contributed by atoms with Crippen LogP contribution in [-0.4, -0.2) is 28.1 Å². The standard InChI is InChI=1S/C13H20N2O2/c1-3-13(4-2,12(16)17)15-10-8-11-7-5-6-9-14-11/h5-7,9,15H,3-4,8,10H2,1-2H3,(H,16,17). The van der Waals surface area contributed by atoms with Crippen molar-refractivity contribution < 1.29 is 9.90 Å². The number of nitrogens with one attached hydrogen (secondary N) is 1. The molecule has 0 bridgehead atoms. The lowest BCUT2D eigenvalue weighted by Crippen LogP contribution is -2.51. The van der Waals surface area contributed by atoms with Gasteiger partial charge in [-0.3, -0.25) is 9.78 Å². The lowest BCUT2D eigenvalue weighted by molar-refractivity contribution is -0.145. The van der Waals surface area contributed by atoms with Gasteiger partial charge in [-0.2, -0.15) is 0 Å². The van der Waals surface area contributed by atoms with E-state index in [1.807, 2.05) is 32.0 Å². The van der Waals surface area contributed by atoms with Gasteiger partial charge >= 0.3 is 5.97 Å². The van der Waals surface area contributed by atoms with Gasteiger partial charge in [0.2, 0.25) is 0 Å². The molecule has 0 amide bonds. The SMILES string of the molecule is CCC(CC)(NCCc1ccccn1)C(=O)O. The molecule has 0 atom stereocenters. The van der Waals surface area contributed by atoms with Crippen LogP contribution in [-0.2, 0) is 11.2 Å². The predicted octanol–water partition coefficient (Wildman–Crippen LogP) is 1.86. The van der Waals surface area contributed by atoms with Gasteiger partial charge in [-0.15, -0.1) is 0 Å². The van der Waals surface area contributed by atoms with E-state index in [9.17, 15) is 9.90 Å². The first-order valence-corrected chi connectivity index (χ1v) is 6.03. The second-order valence-corrected chi connectivity index (χ2v) is 4.09. The van der Waals surface area contributed by atoms with E-state index in [4.69, 9.17) is 0 Å². The van der Waals surface area contributed by atoms with Gasteiger partial charge in [-0.25, -0.2) is 0 Å². The molecule has 0 saturated carbocycles. The lowest BCUT2D eigenvalue weighted by Gasteiger charge is -2.28. The summed E-state index contributed by atoms with van der Waals surface area (Å²) in [6.45, 7) is 4.42. The molecule has 4 nitrogen and oxygen atoms in total. The van der Waals surface area contributed by atoms with E-state index < -0.39 is 11.5 Å². The van der Waals surface area contributed by atoms with Gasteiger partial charge in [0, 0.05) is 24.9 Å². The molecule has 0 aliphatic heterocycles. The Hall–Kier alpha value is -1.42. The van der Waals surface area contributed by atoms with E-state index in [2.05, 4.69) is 10.3 Å². The van der Waals surface area contributed by atoms with Crippen LogP contribution in [0.4, 0.5) is 0 Å². The fourth-order valence-corrected chi connectivity index (χ4v) is 1.85. The molecule has 4 heteroatoms. The van der Waals surface area contributed by atoms with Crippen LogP contribution in [0.5, 0.6) is 0 Å². The minimum Gasteiger partial charge on any atom is -0.480 e. The average molecular weight is 236 g/mol. The van der Waals surface area contributed by atoms with Gasteiger partial charge in [0.1, 0.15) is 5.54 Å². The second-order valence-electron chi connectivity index (χ2n) is 4.09. The first-order valence-electron chi connectivity index (χ1n) is 6.03. The zero-order valence-corrected chi connectivity index (χ0v) is 10.4. The van der Waals surface area contributed by atoms with Gasteiger partial charge in [0.15, 0.2) is 0 Å². The molecule has 1 heterocycles. The van der Waals surface area contributed by atoms with E-state index in [0.717, 1.165) is 12.1 Å². The maximum atomic E-state index is 11.2. The highest BCUT2D eigenvalue weighted by Crippen LogP contribution is 2.15. The summed E-state index contributed by atoms with van der Waals surface area (Å²) in [5, 5.41) is 12.4. The molecule has 1 aromatic rings. The summed E-state index contributed by atoms with van der Waals surface area (Å²) in [5.41, 5.74) is 0.181. The fraction of sp³-hybridized carbons (Fsp3) is 0.538. The number of pyridine rings is 1. The molecule has 2 N–H and O–H groups in total. The number of hydrogen-bond acceptors (Lipinski definition) is 3. The quantitative estimate of drug-likeness (QED) is 0.758. The van der Waals surface area contributed by atoms with Crippen LogP contribution in [0, 0.1) is 0 Å². The van der Waals surface area contributed by atoms with Crippen LogP contribution in [0.2, 0.25) is 0 Å². The van der Waals surface area contributed by atoms with Crippen molar-refractivity contribution in [2.75, 3.05) is 6.54 Å². The Kier molecular flexibility index (Phi) is 5.10. The third-order valence-corrected chi connectivity index (χ3v) is 3.19. The van der Waals surface area contributed by atoms with Crippen molar-refractivity contribution >= 4 is 5.97 Å². The van der Waals surface area contributed by atoms with Crippen molar-refractivity contribution in [3.8, 4) is 0 Å². The van der Waals surface area contributed by atoms with E-state index in [0.29, 0.717) is 19.4 Å². The van der Waals surface area contributed by atoms with Crippen LogP contribution < -0.4 is 5.32 Å². The van der Waals surface area contributed by atoms with Gasteiger partial charge in [0.05, 0.1) is 0 Å². The molecule has 0 aromatic carbocycles. The minimum atomic E-state index is -0.797. The zero-order valence-electron chi connectivity index (χ0n) is 10.4. The predicted molar refractivity (Wildman–Crippen MR) is 66.9 cm³/mol. The van der Waals surface area contributed by atoms with Crippen molar-refractivity contribution in [1.82, 2.24) is 10.3 Å². The molecular weight excluding hydrogens is 216 g/mol. The molecule has 17 heavy (non-hydrogen) atoms. The molecule has 1 rings (SSSR count). The molecular formula is C13H20N2O2. The molecule has 1 aromatic heterocycles. The second kappa shape index (κ2) is 6.35. The van der Waals surface area contributed by atoms with Crippen molar-refractivity contribution in [2.45, 2.75) is 38.6 Å². The van der Waals surface area contributed by atoms with Crippen LogP contribution in [0.15, 0.2) is 24.4 Å². The van der Waals surface area contributed by atoms with Crippen LogP contribution >= 0.6 is 0 Å². The molecule has 0 fully saturated rings. The monoisotopic (exact) mass is 236 g/mol. The van der Waals surface area contributed by atoms with Crippen molar-refractivity contribution in [2.24, 2.45) is 0 Å². The van der Waals surface area contributed by atoms with E-state index in [1.54, 1.807) is 6.20 Å². The highest BCUT2D eigenvalue weighted by molar-refractivity contribution is 5.78. The fourth-order valence-electron chi connectivity index (χ4n) is 1.85. The van der Waals surface area contributed by atoms with Gasteiger partial charge < -0.3 is 10.4 Å². The number of aliphatic carboxylic acids is 1. The van der Waals surface area contributed by atoms with Gasteiger partial charge in [-0.1, -0.05) is 19.9 Å². The number of hydrogen-bond donors (Lipinski definition) is 2. The van der Waals surface area contributed by atoms with Crippen molar-refractivity contribution in [3.05, 3.63) is 30.1 Å². The summed E-state index contributed by atoms with van der Waals surface area (Å²) in [7, 11) is 0. The zero-order chi connectivity index (χ0) is 12.7. The Balaban J connectivity index is 2.51. The number of carboxylic acid groups (broad SMARTS) is 1. The lowest BCUT2D eigenvalue weighted by atomic mass is 9.93. The van der Waals surface area contributed by atoms with Crippen LogP contribution in [0.25, 0.3) is 0 Å². The maximum absolute atomic E-state index is 11.2. The molecule has 0 saturated heterocycles. The van der Waals surface area contributed by atoms with Gasteiger partial charge in [0.25, 0.3) is 0 Å². The van der Waals surface area contributed by atoms with E-state index >= 15 is 0 Å². The topological polar surface area (TPSA) is 62.2 Å². The maximum Gasteiger partial charge on any atom is 0.323 e. The minimum absolute atomic E-state index is 0.584. The Morgan fingerprint density at radius 1 is 1.41 bits per heavy atom. The smallest absolute Gasteiger partial charge is 0.323 e. The first-order chi connectivity index (χ1) is 8.14. The highest BCUT2D eigenvalue weighted by atomic mass is 16.4. The summed E-state index contributed by atoms with van der Waals surface area (Å²) in [5.74, 6) is -0.775. The molecule has 0 spiro atoms. The molecule has 0 aliphatic carbocycles. The molecule has 94 valence electrons. The van der Waals surface area contributed by atoms with E-state index in [1.165, 1.54) is 0 Å². The number of carbonyl (C=O) groups is 1. The number of nitrogens with zero attached hydrogens (tertiary/aromatic N) is 1. The van der Waals surface area contributed by atoms with Crippen LogP contribution in [0.1, 0.15) is 32.4 Å². The number of carboxylic acids is 1. The Bertz CT molecular complexity index is 348. The molecule has 0 unspecified atom stereocenters. The summed E-state index contributed by atoms with van der Waals surface area (Å²) in [4.78, 5) is 15.5. The summed E-state index contributed by atoms with van der Waals surface area (Å²) >= 11 is 0. The first kappa shape index (κ1) is 13.6. The largest absolute Gasteiger partial charge is 0.480 e. The van der Waals surface area contributed by atoms with Crippen molar-refractivity contribution in [3.63, 3.8) is 0 Å². The van der Waals surface area contributed by atoms with E-state index in [-0.39, 0.29) is 0 Å². The number of aromatic nitrogens is 1. The third-order valence-electron chi connectivity index (χ3n) is 3.19. The average Bonchev–Trinajstić information content (AvgIpc) is 2.36. The third kappa shape index (κ3) is 3.53. The Labute approximate surface area is 102 Å². The summed E-state index contributed by atoms with van der Waals surface area (Å²) < 4.78 is 0. The summed E-state index contributed by atoms with van der Waals surface area (Å²) in [6.07, 6.45) is 3.66. The summed E-state index contributed by atoms with van der Waals surface area (Å²) in [6, 6.07) is 5.75. The van der Waals surface area contributed by atoms with Gasteiger partial charge in [-0.05, 0) is 25.0 Å². The normalized spacial score (nSPS) is 11.4.